The Labute approximate surface area is 230 Å². The van der Waals surface area contributed by atoms with E-state index in [4.69, 9.17) is 11.5 Å². The lowest BCUT2D eigenvalue weighted by molar-refractivity contribution is -0.253. The van der Waals surface area contributed by atoms with Crippen molar-refractivity contribution in [2.24, 2.45) is 0 Å². The molecule has 4 nitrogen and oxygen atoms in total. The Balaban J connectivity index is 0.000000284. The molecule has 0 saturated carbocycles. The van der Waals surface area contributed by atoms with Gasteiger partial charge in [0.15, 0.2) is 5.92 Å². The molecule has 40 heavy (non-hydrogen) atoms. The molecule has 0 aliphatic heterocycles. The fourth-order valence-electron chi connectivity index (χ4n) is 3.59. The summed E-state index contributed by atoms with van der Waals surface area (Å²) in [4.78, 5) is 0. The first kappa shape index (κ1) is 31.9. The standard InChI is InChI=1S/C15H12F6N2.C13H14N2.C2H6/c16-14(17,18)13(15(19,20)21)9-6-7-12(11(22)8-9)23-10-4-2-1-3-5-10;1-10-7-8-13(12(14)9-10)15-11-5-3-2-4-6-11;1-2/h1-8,13,23H,22H2;2-9,15H,14H2,1H3;1-2H3. The highest BCUT2D eigenvalue weighted by Gasteiger charge is 2.57. The van der Waals surface area contributed by atoms with Crippen molar-refractivity contribution in [1.82, 2.24) is 0 Å². The van der Waals surface area contributed by atoms with Crippen LogP contribution in [0, 0.1) is 6.92 Å². The molecule has 0 spiro atoms. The van der Waals surface area contributed by atoms with E-state index in [1.54, 1.807) is 30.3 Å². The van der Waals surface area contributed by atoms with E-state index in [1.807, 2.05) is 69.3 Å². The van der Waals surface area contributed by atoms with Gasteiger partial charge in [0.05, 0.1) is 22.7 Å². The second kappa shape index (κ2) is 14.2. The summed E-state index contributed by atoms with van der Waals surface area (Å²) in [5, 5.41) is 6.10. The zero-order valence-corrected chi connectivity index (χ0v) is 22.2. The van der Waals surface area contributed by atoms with Gasteiger partial charge < -0.3 is 22.1 Å². The molecule has 0 aromatic heterocycles. The number of hydrogen-bond acceptors (Lipinski definition) is 4. The van der Waals surface area contributed by atoms with Gasteiger partial charge in [-0.05, 0) is 66.6 Å². The summed E-state index contributed by atoms with van der Waals surface area (Å²) in [6.07, 6.45) is -10.9. The Bertz CT molecular complexity index is 1310. The average Bonchev–Trinajstić information content (AvgIpc) is 2.89. The van der Waals surface area contributed by atoms with Crippen LogP contribution in [0.5, 0.6) is 0 Å². The maximum absolute atomic E-state index is 12.7. The van der Waals surface area contributed by atoms with Crippen LogP contribution in [0.25, 0.3) is 0 Å². The third kappa shape index (κ3) is 9.44. The molecule has 0 amide bonds. The first-order valence-electron chi connectivity index (χ1n) is 12.4. The zero-order valence-electron chi connectivity index (χ0n) is 22.2. The number of nitrogens with one attached hydrogen (secondary N) is 2. The van der Waals surface area contributed by atoms with Crippen molar-refractivity contribution < 1.29 is 26.3 Å². The predicted octanol–water partition coefficient (Wildman–Crippen LogP) is 9.57. The lowest BCUT2D eigenvalue weighted by Gasteiger charge is -2.24. The Morgan fingerprint density at radius 2 is 0.975 bits per heavy atom. The first-order chi connectivity index (χ1) is 18.8. The fraction of sp³-hybridized carbons (Fsp3) is 0.200. The van der Waals surface area contributed by atoms with Gasteiger partial charge in [-0.3, -0.25) is 0 Å². The van der Waals surface area contributed by atoms with Crippen molar-refractivity contribution >= 4 is 34.1 Å². The van der Waals surface area contributed by atoms with Crippen molar-refractivity contribution in [2.45, 2.75) is 39.0 Å². The van der Waals surface area contributed by atoms with Crippen LogP contribution in [0.4, 0.5) is 60.5 Å². The molecule has 0 saturated heterocycles. The first-order valence-corrected chi connectivity index (χ1v) is 12.4. The van der Waals surface area contributed by atoms with E-state index in [1.165, 1.54) is 5.56 Å². The van der Waals surface area contributed by atoms with Gasteiger partial charge in [-0.15, -0.1) is 0 Å². The van der Waals surface area contributed by atoms with Gasteiger partial charge in [-0.2, -0.15) is 26.3 Å². The molecule has 0 aliphatic carbocycles. The van der Waals surface area contributed by atoms with Crippen LogP contribution in [0.3, 0.4) is 0 Å². The molecule has 0 atom stereocenters. The Hall–Kier alpha value is -4.34. The minimum absolute atomic E-state index is 0.204. The van der Waals surface area contributed by atoms with Crippen molar-refractivity contribution in [3.05, 3.63) is 108 Å². The molecule has 4 rings (SSSR count). The average molecular weight is 563 g/mol. The van der Waals surface area contributed by atoms with Gasteiger partial charge in [0.25, 0.3) is 0 Å². The largest absolute Gasteiger partial charge is 0.404 e. The quantitative estimate of drug-likeness (QED) is 0.144. The third-order valence-electron chi connectivity index (χ3n) is 5.38. The molecule has 6 N–H and O–H groups in total. The van der Waals surface area contributed by atoms with Crippen molar-refractivity contribution in [2.75, 3.05) is 22.1 Å². The summed E-state index contributed by atoms with van der Waals surface area (Å²) in [5.41, 5.74) is 15.1. The number of aryl methyl sites for hydroxylation is 1. The number of anilines is 6. The van der Waals surface area contributed by atoms with Crippen molar-refractivity contribution in [1.29, 1.82) is 0 Å². The minimum Gasteiger partial charge on any atom is -0.397 e. The Kier molecular flexibility index (Phi) is 11.3. The van der Waals surface area contributed by atoms with E-state index in [0.717, 1.165) is 29.2 Å². The zero-order chi connectivity index (χ0) is 29.9. The van der Waals surface area contributed by atoms with Crippen molar-refractivity contribution in [3.63, 3.8) is 0 Å². The Morgan fingerprint density at radius 3 is 1.35 bits per heavy atom. The van der Waals surface area contributed by atoms with Crippen LogP contribution < -0.4 is 22.1 Å². The van der Waals surface area contributed by atoms with Gasteiger partial charge in [-0.25, -0.2) is 0 Å². The van der Waals surface area contributed by atoms with Crippen LogP contribution in [0.2, 0.25) is 0 Å². The molecule has 10 heteroatoms. The monoisotopic (exact) mass is 562 g/mol. The number of alkyl halides is 6. The van der Waals surface area contributed by atoms with E-state index < -0.39 is 23.8 Å². The lowest BCUT2D eigenvalue weighted by Crippen LogP contribution is -2.34. The van der Waals surface area contributed by atoms with Crippen molar-refractivity contribution in [3.8, 4) is 0 Å². The normalized spacial score (nSPS) is 11.1. The summed E-state index contributed by atoms with van der Waals surface area (Å²) >= 11 is 0. The van der Waals surface area contributed by atoms with Gasteiger partial charge >= 0.3 is 12.4 Å². The highest BCUT2D eigenvalue weighted by atomic mass is 19.4. The predicted molar refractivity (Wildman–Crippen MR) is 152 cm³/mol. The van der Waals surface area contributed by atoms with E-state index in [0.29, 0.717) is 11.8 Å². The third-order valence-corrected chi connectivity index (χ3v) is 5.38. The molecule has 0 heterocycles. The molecule has 4 aromatic rings. The van der Waals surface area contributed by atoms with E-state index in [-0.39, 0.29) is 11.4 Å². The summed E-state index contributed by atoms with van der Waals surface area (Å²) in [5.74, 6) is -3.57. The molecule has 0 bridgehead atoms. The topological polar surface area (TPSA) is 76.1 Å². The maximum atomic E-state index is 12.7. The number of para-hydroxylation sites is 2. The summed E-state index contributed by atoms with van der Waals surface area (Å²) < 4.78 is 76.2. The number of nitrogens with two attached hydrogens (primary N) is 2. The molecule has 0 unspecified atom stereocenters. The van der Waals surface area contributed by atoms with E-state index in [2.05, 4.69) is 10.6 Å². The van der Waals surface area contributed by atoms with Gasteiger partial charge in [-0.1, -0.05) is 62.4 Å². The number of hydrogen-bond donors (Lipinski definition) is 4. The second-order valence-corrected chi connectivity index (χ2v) is 8.44. The number of nitrogen functional groups attached to an aromatic ring is 2. The Morgan fingerprint density at radius 1 is 0.575 bits per heavy atom. The van der Waals surface area contributed by atoms with Crippen LogP contribution in [-0.2, 0) is 0 Å². The molecule has 0 radical (unpaired) electrons. The van der Waals surface area contributed by atoms with Crippen LogP contribution >= 0.6 is 0 Å². The maximum Gasteiger partial charge on any atom is 0.404 e. The summed E-state index contributed by atoms with van der Waals surface area (Å²) in [6.45, 7) is 6.03. The van der Waals surface area contributed by atoms with Gasteiger partial charge in [0.1, 0.15) is 0 Å². The highest BCUT2D eigenvalue weighted by Crippen LogP contribution is 2.47. The molecule has 4 aromatic carbocycles. The van der Waals surface area contributed by atoms with Crippen LogP contribution in [0.15, 0.2) is 97.1 Å². The van der Waals surface area contributed by atoms with E-state index >= 15 is 0 Å². The van der Waals surface area contributed by atoms with Gasteiger partial charge in [0, 0.05) is 11.4 Å². The van der Waals surface area contributed by atoms with Crippen LogP contribution in [-0.4, -0.2) is 12.4 Å². The smallest absolute Gasteiger partial charge is 0.397 e. The number of rotatable bonds is 5. The highest BCUT2D eigenvalue weighted by molar-refractivity contribution is 5.74. The molecular formula is C30H32F6N4. The molecular weight excluding hydrogens is 530 g/mol. The van der Waals surface area contributed by atoms with E-state index in [9.17, 15) is 26.3 Å². The molecule has 214 valence electrons. The SMILES string of the molecule is CC.Cc1ccc(Nc2ccccc2)c(N)c1.Nc1cc(C(C(F)(F)F)C(F)(F)F)ccc1Nc1ccccc1. The summed E-state index contributed by atoms with van der Waals surface area (Å²) in [7, 11) is 0. The molecule has 0 fully saturated rings. The lowest BCUT2D eigenvalue weighted by atomic mass is 9.97. The van der Waals surface area contributed by atoms with Gasteiger partial charge in [0.2, 0.25) is 0 Å². The number of halogens is 6. The number of benzene rings is 4. The fourth-order valence-corrected chi connectivity index (χ4v) is 3.59. The summed E-state index contributed by atoms with van der Waals surface area (Å²) in [6, 6.07) is 27.1. The van der Waals surface area contributed by atoms with Crippen LogP contribution in [0.1, 0.15) is 30.9 Å². The second-order valence-electron chi connectivity index (χ2n) is 8.44. The minimum atomic E-state index is -5.45. The molecule has 0 aliphatic rings.